The van der Waals surface area contributed by atoms with Gasteiger partial charge in [0.25, 0.3) is 0 Å². The molecule has 1 aromatic carbocycles. The molecule has 0 saturated carbocycles. The molecule has 1 aliphatic heterocycles. The van der Waals surface area contributed by atoms with Crippen molar-refractivity contribution in [3.8, 4) is 0 Å². The lowest BCUT2D eigenvalue weighted by molar-refractivity contribution is 0.186. The van der Waals surface area contributed by atoms with E-state index in [0.717, 1.165) is 18.6 Å². The Kier molecular flexibility index (Phi) is 4.34. The fourth-order valence-corrected chi connectivity index (χ4v) is 2.98. The first kappa shape index (κ1) is 13.5. The second kappa shape index (κ2) is 5.79. The summed E-state index contributed by atoms with van der Waals surface area (Å²) in [7, 11) is -3.42. The van der Waals surface area contributed by atoms with Gasteiger partial charge in [-0.05, 0) is 30.0 Å². The van der Waals surface area contributed by atoms with Gasteiger partial charge in [0.1, 0.15) is 0 Å². The van der Waals surface area contributed by atoms with Crippen LogP contribution in [0.2, 0.25) is 0 Å². The molecule has 100 valence electrons. The summed E-state index contributed by atoms with van der Waals surface area (Å²) in [6.45, 7) is 2.19. The normalized spacial score (nSPS) is 20.2. The van der Waals surface area contributed by atoms with Gasteiger partial charge in [-0.3, -0.25) is 0 Å². The van der Waals surface area contributed by atoms with Crippen molar-refractivity contribution in [1.29, 1.82) is 0 Å². The number of hydrogen-bond acceptors (Lipinski definition) is 4. The van der Waals surface area contributed by atoms with E-state index in [1.807, 2.05) is 0 Å². The van der Waals surface area contributed by atoms with Gasteiger partial charge in [0.2, 0.25) is 10.0 Å². The van der Waals surface area contributed by atoms with Crippen molar-refractivity contribution in [3.63, 3.8) is 0 Å². The Morgan fingerprint density at radius 1 is 1.33 bits per heavy atom. The van der Waals surface area contributed by atoms with E-state index < -0.39 is 10.0 Å². The highest BCUT2D eigenvalue weighted by atomic mass is 32.2. The molecule has 0 amide bonds. The largest absolute Gasteiger partial charge is 0.381 e. The molecule has 1 atom stereocenters. The van der Waals surface area contributed by atoms with E-state index in [4.69, 9.17) is 10.5 Å². The molecule has 0 spiro atoms. The molecule has 1 unspecified atom stereocenters. The molecule has 1 aromatic rings. The number of rotatable bonds is 5. The molecular weight excluding hydrogens is 252 g/mol. The number of nitrogens with two attached hydrogens (primary N) is 1. The van der Waals surface area contributed by atoms with Gasteiger partial charge in [0.15, 0.2) is 0 Å². The van der Waals surface area contributed by atoms with E-state index in [1.165, 1.54) is 0 Å². The van der Waals surface area contributed by atoms with Gasteiger partial charge in [0.05, 0.1) is 11.5 Å². The average molecular weight is 270 g/mol. The van der Waals surface area contributed by atoms with E-state index >= 15 is 0 Å². The minimum atomic E-state index is -3.42. The number of ether oxygens (including phenoxy) is 1. The van der Waals surface area contributed by atoms with E-state index in [9.17, 15) is 8.42 Å². The first-order valence-electron chi connectivity index (χ1n) is 5.98. The van der Waals surface area contributed by atoms with Crippen LogP contribution in [-0.2, 0) is 21.3 Å². The van der Waals surface area contributed by atoms with E-state index in [2.05, 4.69) is 4.72 Å². The number of sulfonamides is 1. The first-order chi connectivity index (χ1) is 8.62. The van der Waals surface area contributed by atoms with Crippen LogP contribution in [-0.4, -0.2) is 28.2 Å². The molecule has 5 nitrogen and oxygen atoms in total. The third kappa shape index (κ3) is 3.29. The minimum Gasteiger partial charge on any atom is -0.381 e. The quantitative estimate of drug-likeness (QED) is 0.814. The van der Waals surface area contributed by atoms with Crippen LogP contribution < -0.4 is 10.5 Å². The molecule has 1 heterocycles. The minimum absolute atomic E-state index is 0.276. The average Bonchev–Trinajstić information content (AvgIpc) is 2.90. The maximum atomic E-state index is 12.0. The topological polar surface area (TPSA) is 81.4 Å². The zero-order valence-electron chi connectivity index (χ0n) is 10.1. The van der Waals surface area contributed by atoms with E-state index in [-0.39, 0.29) is 10.8 Å². The fraction of sp³-hybridized carbons (Fsp3) is 0.500. The summed E-state index contributed by atoms with van der Waals surface area (Å²) in [5.74, 6) is 0.281. The van der Waals surface area contributed by atoms with Crippen LogP contribution in [0.25, 0.3) is 0 Å². The second-order valence-electron chi connectivity index (χ2n) is 4.43. The Morgan fingerprint density at radius 3 is 2.61 bits per heavy atom. The Morgan fingerprint density at radius 2 is 2.06 bits per heavy atom. The van der Waals surface area contributed by atoms with Gasteiger partial charge in [-0.2, -0.15) is 0 Å². The van der Waals surface area contributed by atoms with Crippen molar-refractivity contribution in [3.05, 3.63) is 29.8 Å². The third-order valence-electron chi connectivity index (χ3n) is 3.06. The Hall–Kier alpha value is -0.950. The molecule has 6 heteroatoms. The van der Waals surface area contributed by atoms with Gasteiger partial charge in [0, 0.05) is 19.7 Å². The molecule has 1 saturated heterocycles. The highest BCUT2D eigenvalue weighted by Crippen LogP contribution is 2.14. The summed E-state index contributed by atoms with van der Waals surface area (Å²) in [6, 6.07) is 6.62. The summed E-state index contributed by atoms with van der Waals surface area (Å²) in [6.07, 6.45) is 0.911. The summed E-state index contributed by atoms with van der Waals surface area (Å²) >= 11 is 0. The monoisotopic (exact) mass is 270 g/mol. The summed E-state index contributed by atoms with van der Waals surface area (Å²) in [4.78, 5) is 0.276. The first-order valence-corrected chi connectivity index (χ1v) is 7.46. The van der Waals surface area contributed by atoms with Crippen LogP contribution in [0, 0.1) is 5.92 Å². The van der Waals surface area contributed by atoms with Gasteiger partial charge in [-0.15, -0.1) is 0 Å². The Bertz CT molecular complexity index is 479. The zero-order chi connectivity index (χ0) is 13.0. The Labute approximate surface area is 107 Å². The standard InChI is InChI=1S/C12H18N2O3S/c13-7-10-1-3-12(4-2-10)18(15,16)14-8-11-5-6-17-9-11/h1-4,11,14H,5-9,13H2. The molecular formula is C12H18N2O3S. The second-order valence-corrected chi connectivity index (χ2v) is 6.20. The van der Waals surface area contributed by atoms with Crippen molar-refractivity contribution in [2.45, 2.75) is 17.9 Å². The van der Waals surface area contributed by atoms with Crippen LogP contribution in [0.15, 0.2) is 29.2 Å². The van der Waals surface area contributed by atoms with Crippen LogP contribution in [0.4, 0.5) is 0 Å². The third-order valence-corrected chi connectivity index (χ3v) is 4.49. The van der Waals surface area contributed by atoms with Crippen molar-refractivity contribution >= 4 is 10.0 Å². The molecule has 2 rings (SSSR count). The lowest BCUT2D eigenvalue weighted by atomic mass is 10.1. The van der Waals surface area contributed by atoms with E-state index in [0.29, 0.717) is 19.7 Å². The maximum Gasteiger partial charge on any atom is 0.240 e. The van der Waals surface area contributed by atoms with Crippen molar-refractivity contribution in [1.82, 2.24) is 4.72 Å². The van der Waals surface area contributed by atoms with Crippen LogP contribution in [0.1, 0.15) is 12.0 Å². The molecule has 1 fully saturated rings. The fourth-order valence-electron chi connectivity index (χ4n) is 1.86. The van der Waals surface area contributed by atoms with Gasteiger partial charge in [-0.25, -0.2) is 13.1 Å². The molecule has 3 N–H and O–H groups in total. The predicted molar refractivity (Wildman–Crippen MR) is 68.4 cm³/mol. The predicted octanol–water partition coefficient (Wildman–Crippen LogP) is 0.460. The number of hydrogen-bond donors (Lipinski definition) is 2. The van der Waals surface area contributed by atoms with E-state index in [1.54, 1.807) is 24.3 Å². The van der Waals surface area contributed by atoms with Crippen molar-refractivity contribution < 1.29 is 13.2 Å². The molecule has 0 radical (unpaired) electrons. The van der Waals surface area contributed by atoms with Crippen molar-refractivity contribution in [2.75, 3.05) is 19.8 Å². The van der Waals surface area contributed by atoms with Crippen LogP contribution >= 0.6 is 0 Å². The SMILES string of the molecule is NCc1ccc(S(=O)(=O)NCC2CCOC2)cc1. The summed E-state index contributed by atoms with van der Waals surface area (Å²) < 4.78 is 31.8. The van der Waals surface area contributed by atoms with Gasteiger partial charge >= 0.3 is 0 Å². The van der Waals surface area contributed by atoms with Gasteiger partial charge < -0.3 is 10.5 Å². The maximum absolute atomic E-state index is 12.0. The lowest BCUT2D eigenvalue weighted by Crippen LogP contribution is -2.29. The summed E-state index contributed by atoms with van der Waals surface area (Å²) in [5, 5.41) is 0. The Balaban J connectivity index is 2.00. The number of benzene rings is 1. The van der Waals surface area contributed by atoms with Crippen LogP contribution in [0.3, 0.4) is 0 Å². The lowest BCUT2D eigenvalue weighted by Gasteiger charge is -2.10. The van der Waals surface area contributed by atoms with Gasteiger partial charge in [-0.1, -0.05) is 12.1 Å². The van der Waals surface area contributed by atoms with Crippen LogP contribution in [0.5, 0.6) is 0 Å². The smallest absolute Gasteiger partial charge is 0.240 e. The molecule has 0 bridgehead atoms. The molecule has 18 heavy (non-hydrogen) atoms. The highest BCUT2D eigenvalue weighted by molar-refractivity contribution is 7.89. The highest BCUT2D eigenvalue weighted by Gasteiger charge is 2.19. The summed E-state index contributed by atoms with van der Waals surface area (Å²) in [5.41, 5.74) is 6.39. The van der Waals surface area contributed by atoms with Crippen molar-refractivity contribution in [2.24, 2.45) is 11.7 Å². The molecule has 1 aliphatic rings. The molecule has 0 aromatic heterocycles. The number of nitrogens with one attached hydrogen (secondary N) is 1. The molecule has 0 aliphatic carbocycles. The zero-order valence-corrected chi connectivity index (χ0v) is 10.9.